The second kappa shape index (κ2) is 5.00. The Morgan fingerprint density at radius 1 is 1.18 bits per heavy atom. The van der Waals surface area contributed by atoms with Gasteiger partial charge in [-0.25, -0.2) is 0 Å². The molecule has 88 valence electrons. The van der Waals surface area contributed by atoms with Crippen molar-refractivity contribution in [2.24, 2.45) is 0 Å². The van der Waals surface area contributed by atoms with Gasteiger partial charge in [0.1, 0.15) is 0 Å². The number of hydrogen-bond acceptors (Lipinski definition) is 1. The van der Waals surface area contributed by atoms with Gasteiger partial charge < -0.3 is 5.11 Å². The van der Waals surface area contributed by atoms with E-state index < -0.39 is 5.97 Å². The molecule has 0 saturated heterocycles. The molecule has 0 bridgehead atoms. The van der Waals surface area contributed by atoms with E-state index in [2.05, 4.69) is 37.3 Å². The first-order chi connectivity index (χ1) is 8.16. The van der Waals surface area contributed by atoms with Gasteiger partial charge >= 0.3 is 5.97 Å². The number of hydrogen-bond donors (Lipinski definition) is 1. The molecule has 0 spiro atoms. The minimum absolute atomic E-state index is 0.230. The van der Waals surface area contributed by atoms with E-state index in [1.165, 1.54) is 16.3 Å². The molecule has 0 aliphatic carbocycles. The van der Waals surface area contributed by atoms with Gasteiger partial charge in [0.15, 0.2) is 0 Å². The number of fused-ring (bicyclic) bond motifs is 1. The molecular formula is C15H16O2. The molecule has 0 amide bonds. The lowest BCUT2D eigenvalue weighted by Crippen LogP contribution is -2.00. The highest BCUT2D eigenvalue weighted by atomic mass is 16.4. The Kier molecular flexibility index (Phi) is 3.43. The highest BCUT2D eigenvalue weighted by Gasteiger charge is 2.08. The first kappa shape index (κ1) is 11.6. The number of carboxylic acid groups (broad SMARTS) is 1. The lowest BCUT2D eigenvalue weighted by Gasteiger charge is -2.11. The van der Waals surface area contributed by atoms with Crippen LogP contribution in [0.15, 0.2) is 42.5 Å². The number of rotatable bonds is 4. The maximum atomic E-state index is 10.5. The van der Waals surface area contributed by atoms with Crippen molar-refractivity contribution in [3.63, 3.8) is 0 Å². The molecule has 0 aliphatic heterocycles. The molecule has 17 heavy (non-hydrogen) atoms. The van der Waals surface area contributed by atoms with Crippen LogP contribution < -0.4 is 0 Å². The third-order valence-electron chi connectivity index (χ3n) is 3.13. The maximum Gasteiger partial charge on any atom is 0.303 e. The van der Waals surface area contributed by atoms with Gasteiger partial charge in [-0.15, -0.1) is 0 Å². The van der Waals surface area contributed by atoms with Crippen LogP contribution in [0.4, 0.5) is 0 Å². The molecule has 0 heterocycles. The third kappa shape index (κ3) is 2.84. The van der Waals surface area contributed by atoms with Crippen LogP contribution in [0.3, 0.4) is 0 Å². The van der Waals surface area contributed by atoms with Gasteiger partial charge in [-0.2, -0.15) is 0 Å². The normalized spacial score (nSPS) is 12.5. The maximum absolute atomic E-state index is 10.5. The minimum Gasteiger partial charge on any atom is -0.481 e. The van der Waals surface area contributed by atoms with Crippen molar-refractivity contribution in [2.75, 3.05) is 0 Å². The summed E-state index contributed by atoms with van der Waals surface area (Å²) < 4.78 is 0. The average Bonchev–Trinajstić information content (AvgIpc) is 2.35. The van der Waals surface area contributed by atoms with Crippen molar-refractivity contribution < 1.29 is 9.90 Å². The van der Waals surface area contributed by atoms with Gasteiger partial charge in [0.05, 0.1) is 0 Å². The molecule has 1 atom stereocenters. The van der Waals surface area contributed by atoms with Crippen LogP contribution in [-0.4, -0.2) is 11.1 Å². The fourth-order valence-electron chi connectivity index (χ4n) is 2.02. The Bertz CT molecular complexity index is 531. The molecule has 2 aromatic carbocycles. The van der Waals surface area contributed by atoms with Gasteiger partial charge in [0, 0.05) is 6.42 Å². The second-order valence-electron chi connectivity index (χ2n) is 4.44. The molecule has 1 N–H and O–H groups in total. The zero-order chi connectivity index (χ0) is 12.3. The summed E-state index contributed by atoms with van der Waals surface area (Å²) in [5.74, 6) is -0.437. The number of carbonyl (C=O) groups is 1. The fourth-order valence-corrected chi connectivity index (χ4v) is 2.02. The van der Waals surface area contributed by atoms with Gasteiger partial charge in [-0.05, 0) is 28.7 Å². The molecular weight excluding hydrogens is 212 g/mol. The number of carboxylic acids is 1. The summed E-state index contributed by atoms with van der Waals surface area (Å²) in [5.41, 5.74) is 1.21. The lowest BCUT2D eigenvalue weighted by atomic mass is 9.94. The first-order valence-corrected chi connectivity index (χ1v) is 5.87. The van der Waals surface area contributed by atoms with Gasteiger partial charge in [-0.3, -0.25) is 4.79 Å². The molecule has 0 aromatic heterocycles. The van der Waals surface area contributed by atoms with Crippen LogP contribution in [0, 0.1) is 0 Å². The van der Waals surface area contributed by atoms with Crippen molar-refractivity contribution in [3.05, 3.63) is 48.0 Å². The van der Waals surface area contributed by atoms with E-state index in [4.69, 9.17) is 5.11 Å². The van der Waals surface area contributed by atoms with Crippen LogP contribution >= 0.6 is 0 Å². The topological polar surface area (TPSA) is 37.3 Å². The Labute approximate surface area is 101 Å². The van der Waals surface area contributed by atoms with Crippen molar-refractivity contribution in [1.82, 2.24) is 0 Å². The molecule has 0 fully saturated rings. The summed E-state index contributed by atoms with van der Waals surface area (Å²) in [6.45, 7) is 2.08. The fraction of sp³-hybridized carbons (Fsp3) is 0.267. The second-order valence-corrected chi connectivity index (χ2v) is 4.44. The van der Waals surface area contributed by atoms with Crippen LogP contribution in [0.5, 0.6) is 0 Å². The van der Waals surface area contributed by atoms with Crippen molar-refractivity contribution >= 4 is 16.7 Å². The molecule has 2 aromatic rings. The third-order valence-corrected chi connectivity index (χ3v) is 3.13. The summed E-state index contributed by atoms with van der Waals surface area (Å²) in [5, 5.41) is 11.1. The highest BCUT2D eigenvalue weighted by molar-refractivity contribution is 5.83. The summed E-state index contributed by atoms with van der Waals surface area (Å²) in [6, 6.07) is 14.6. The van der Waals surface area contributed by atoms with E-state index in [9.17, 15) is 4.79 Å². The van der Waals surface area contributed by atoms with Crippen LogP contribution in [0.25, 0.3) is 10.8 Å². The van der Waals surface area contributed by atoms with Gasteiger partial charge in [0.2, 0.25) is 0 Å². The van der Waals surface area contributed by atoms with E-state index in [1.54, 1.807) is 0 Å². The van der Waals surface area contributed by atoms with Crippen molar-refractivity contribution in [3.8, 4) is 0 Å². The summed E-state index contributed by atoms with van der Waals surface area (Å²) >= 11 is 0. The molecule has 2 nitrogen and oxygen atoms in total. The largest absolute Gasteiger partial charge is 0.481 e. The van der Waals surface area contributed by atoms with E-state index >= 15 is 0 Å². The van der Waals surface area contributed by atoms with E-state index in [0.717, 1.165) is 0 Å². The zero-order valence-corrected chi connectivity index (χ0v) is 9.89. The van der Waals surface area contributed by atoms with Crippen molar-refractivity contribution in [1.29, 1.82) is 0 Å². The molecule has 0 unspecified atom stereocenters. The van der Waals surface area contributed by atoms with E-state index in [1.807, 2.05) is 12.1 Å². The molecule has 0 saturated carbocycles. The Hall–Kier alpha value is -1.83. The Morgan fingerprint density at radius 2 is 1.88 bits per heavy atom. The van der Waals surface area contributed by atoms with Crippen LogP contribution in [0.2, 0.25) is 0 Å². The molecule has 2 heteroatoms. The molecule has 0 aliphatic rings. The standard InChI is InChI=1S/C15H16O2/c1-11(6-9-15(16)17)13-8-7-12-4-2-3-5-14(12)10-13/h2-5,7-8,10-11H,6,9H2,1H3,(H,16,17)/t11-/m1/s1. The summed E-state index contributed by atoms with van der Waals surface area (Å²) in [6.07, 6.45) is 0.918. The first-order valence-electron chi connectivity index (χ1n) is 5.87. The minimum atomic E-state index is -0.724. The Balaban J connectivity index is 2.20. The highest BCUT2D eigenvalue weighted by Crippen LogP contribution is 2.24. The molecule has 0 radical (unpaired) electrons. The average molecular weight is 228 g/mol. The van der Waals surface area contributed by atoms with E-state index in [0.29, 0.717) is 6.42 Å². The quantitative estimate of drug-likeness (QED) is 0.864. The van der Waals surface area contributed by atoms with Crippen LogP contribution in [0.1, 0.15) is 31.2 Å². The van der Waals surface area contributed by atoms with Crippen LogP contribution in [-0.2, 0) is 4.79 Å². The number of benzene rings is 2. The van der Waals surface area contributed by atoms with E-state index in [-0.39, 0.29) is 12.3 Å². The summed E-state index contributed by atoms with van der Waals surface area (Å²) in [7, 11) is 0. The predicted octanol–water partition coefficient (Wildman–Crippen LogP) is 3.81. The van der Waals surface area contributed by atoms with Crippen molar-refractivity contribution in [2.45, 2.75) is 25.7 Å². The SMILES string of the molecule is C[C@H](CCC(=O)O)c1ccc2ccccc2c1. The monoisotopic (exact) mass is 228 g/mol. The lowest BCUT2D eigenvalue weighted by molar-refractivity contribution is -0.137. The predicted molar refractivity (Wildman–Crippen MR) is 69.2 cm³/mol. The molecule has 2 rings (SSSR count). The van der Waals surface area contributed by atoms with Gasteiger partial charge in [-0.1, -0.05) is 49.4 Å². The smallest absolute Gasteiger partial charge is 0.303 e. The van der Waals surface area contributed by atoms with Gasteiger partial charge in [0.25, 0.3) is 0 Å². The number of aliphatic carboxylic acids is 1. The zero-order valence-electron chi connectivity index (χ0n) is 9.89. The summed E-state index contributed by atoms with van der Waals surface area (Å²) in [4.78, 5) is 10.5. The Morgan fingerprint density at radius 3 is 2.59 bits per heavy atom.